The van der Waals surface area contributed by atoms with Gasteiger partial charge in [-0.15, -0.1) is 0 Å². The van der Waals surface area contributed by atoms with E-state index in [0.717, 1.165) is 0 Å². The lowest BCUT2D eigenvalue weighted by Gasteiger charge is -2.41. The highest BCUT2D eigenvalue weighted by Crippen LogP contribution is 2.12. The van der Waals surface area contributed by atoms with E-state index in [9.17, 15) is 0 Å². The lowest BCUT2D eigenvalue weighted by molar-refractivity contribution is 0.0722. The zero-order chi connectivity index (χ0) is 7.72. The van der Waals surface area contributed by atoms with Crippen molar-refractivity contribution < 1.29 is 0 Å². The Morgan fingerprint density at radius 1 is 0.900 bits per heavy atom. The molecule has 2 atom stereocenters. The molecule has 0 aliphatic carbocycles. The molecule has 0 radical (unpaired) electrons. The number of piperazine rings is 1. The summed E-state index contributed by atoms with van der Waals surface area (Å²) in [6.45, 7) is 7.00. The molecule has 1 rings (SSSR count). The monoisotopic (exact) mass is 142 g/mol. The van der Waals surface area contributed by atoms with Crippen LogP contribution >= 0.6 is 0 Å². The van der Waals surface area contributed by atoms with Crippen LogP contribution in [0.5, 0.6) is 0 Å². The van der Waals surface area contributed by atoms with Crippen molar-refractivity contribution in [3.05, 3.63) is 0 Å². The van der Waals surface area contributed by atoms with Gasteiger partial charge in [0.15, 0.2) is 0 Å². The maximum absolute atomic E-state index is 2.42. The molecule has 1 saturated heterocycles. The molecule has 0 spiro atoms. The second kappa shape index (κ2) is 2.89. The Balaban J connectivity index is 2.52. The molecular formula is C8H18N2. The van der Waals surface area contributed by atoms with Crippen molar-refractivity contribution >= 4 is 0 Å². The molecule has 0 amide bonds. The highest BCUT2D eigenvalue weighted by molar-refractivity contribution is 4.82. The molecule has 1 aliphatic rings. The van der Waals surface area contributed by atoms with E-state index < -0.39 is 0 Å². The summed E-state index contributed by atoms with van der Waals surface area (Å²) in [5.41, 5.74) is 0. The van der Waals surface area contributed by atoms with Crippen LogP contribution in [0, 0.1) is 0 Å². The van der Waals surface area contributed by atoms with Gasteiger partial charge in [-0.2, -0.15) is 0 Å². The van der Waals surface area contributed by atoms with Gasteiger partial charge in [0.2, 0.25) is 0 Å². The molecule has 1 heterocycles. The highest BCUT2D eigenvalue weighted by Gasteiger charge is 2.24. The van der Waals surface area contributed by atoms with Crippen LogP contribution in [0.25, 0.3) is 0 Å². The quantitative estimate of drug-likeness (QED) is 0.490. The summed E-state index contributed by atoms with van der Waals surface area (Å²) in [5.74, 6) is 0. The van der Waals surface area contributed by atoms with E-state index in [1.165, 1.54) is 13.1 Å². The third-order valence-electron chi connectivity index (χ3n) is 2.89. The largest absolute Gasteiger partial charge is 0.301 e. The molecule has 0 saturated carbocycles. The molecule has 10 heavy (non-hydrogen) atoms. The first-order chi connectivity index (χ1) is 4.63. The van der Waals surface area contributed by atoms with Crippen LogP contribution < -0.4 is 0 Å². The fourth-order valence-electron chi connectivity index (χ4n) is 1.46. The highest BCUT2D eigenvalue weighted by atomic mass is 15.3. The van der Waals surface area contributed by atoms with Crippen LogP contribution in [0.2, 0.25) is 0 Å². The van der Waals surface area contributed by atoms with Gasteiger partial charge in [-0.05, 0) is 27.9 Å². The first-order valence-electron chi connectivity index (χ1n) is 4.03. The lowest BCUT2D eigenvalue weighted by Crippen LogP contribution is -2.54. The summed E-state index contributed by atoms with van der Waals surface area (Å²) in [6.07, 6.45) is 0. The van der Waals surface area contributed by atoms with Crippen molar-refractivity contribution in [2.45, 2.75) is 25.9 Å². The van der Waals surface area contributed by atoms with E-state index >= 15 is 0 Å². The summed E-state index contributed by atoms with van der Waals surface area (Å²) < 4.78 is 0. The van der Waals surface area contributed by atoms with E-state index in [-0.39, 0.29) is 0 Å². The van der Waals surface area contributed by atoms with Crippen LogP contribution in [0.15, 0.2) is 0 Å². The van der Waals surface area contributed by atoms with Gasteiger partial charge in [0.05, 0.1) is 0 Å². The van der Waals surface area contributed by atoms with Crippen molar-refractivity contribution in [2.75, 3.05) is 27.2 Å². The summed E-state index contributed by atoms with van der Waals surface area (Å²) in [5, 5.41) is 0. The van der Waals surface area contributed by atoms with Gasteiger partial charge in [0, 0.05) is 25.2 Å². The molecule has 0 unspecified atom stereocenters. The first kappa shape index (κ1) is 8.02. The fraction of sp³-hybridized carbons (Fsp3) is 1.00. The van der Waals surface area contributed by atoms with Crippen molar-refractivity contribution in [3.8, 4) is 0 Å². The molecule has 1 fully saturated rings. The SMILES string of the molecule is C[C@@H]1[C@H](C)N(C)CCN1C. The van der Waals surface area contributed by atoms with Gasteiger partial charge in [-0.25, -0.2) is 0 Å². The molecular weight excluding hydrogens is 124 g/mol. The number of nitrogens with zero attached hydrogens (tertiary/aromatic N) is 2. The fourth-order valence-corrected chi connectivity index (χ4v) is 1.46. The van der Waals surface area contributed by atoms with Crippen LogP contribution in [0.3, 0.4) is 0 Å². The van der Waals surface area contributed by atoms with Crippen molar-refractivity contribution in [3.63, 3.8) is 0 Å². The van der Waals surface area contributed by atoms with E-state index in [4.69, 9.17) is 0 Å². The summed E-state index contributed by atoms with van der Waals surface area (Å²) in [7, 11) is 4.41. The Bertz CT molecular complexity index is 99.8. The van der Waals surface area contributed by atoms with Crippen LogP contribution in [0.4, 0.5) is 0 Å². The predicted molar refractivity (Wildman–Crippen MR) is 44.2 cm³/mol. The number of rotatable bonds is 0. The Kier molecular flexibility index (Phi) is 2.32. The normalized spacial score (nSPS) is 38.4. The Morgan fingerprint density at radius 2 is 1.20 bits per heavy atom. The van der Waals surface area contributed by atoms with Crippen molar-refractivity contribution in [2.24, 2.45) is 0 Å². The molecule has 2 nitrogen and oxygen atoms in total. The van der Waals surface area contributed by atoms with Crippen molar-refractivity contribution in [1.82, 2.24) is 9.80 Å². The molecule has 0 aromatic rings. The molecule has 0 N–H and O–H groups in total. The summed E-state index contributed by atoms with van der Waals surface area (Å²) >= 11 is 0. The molecule has 60 valence electrons. The molecule has 1 aliphatic heterocycles. The number of hydrogen-bond acceptors (Lipinski definition) is 2. The van der Waals surface area contributed by atoms with Gasteiger partial charge in [-0.3, -0.25) is 0 Å². The standard InChI is InChI=1S/C8H18N2/c1-7-8(2)10(4)6-5-9(7)3/h7-8H,5-6H2,1-4H3/t7-,8+. The average molecular weight is 142 g/mol. The topological polar surface area (TPSA) is 6.48 Å². The van der Waals surface area contributed by atoms with Crippen molar-refractivity contribution in [1.29, 1.82) is 0 Å². The van der Waals surface area contributed by atoms with Gasteiger partial charge < -0.3 is 9.80 Å². The Labute approximate surface area is 63.8 Å². The van der Waals surface area contributed by atoms with Gasteiger partial charge in [0.25, 0.3) is 0 Å². The summed E-state index contributed by atoms with van der Waals surface area (Å²) in [4.78, 5) is 4.84. The van der Waals surface area contributed by atoms with E-state index in [0.29, 0.717) is 12.1 Å². The zero-order valence-electron chi connectivity index (χ0n) is 7.46. The molecule has 0 aromatic carbocycles. The van der Waals surface area contributed by atoms with Crippen LogP contribution in [-0.2, 0) is 0 Å². The van der Waals surface area contributed by atoms with Gasteiger partial charge in [0.1, 0.15) is 0 Å². The number of likely N-dealkylation sites (N-methyl/N-ethyl adjacent to an activating group) is 2. The predicted octanol–water partition coefficient (Wildman–Crippen LogP) is 0.641. The van der Waals surface area contributed by atoms with Crippen LogP contribution in [-0.4, -0.2) is 49.1 Å². The minimum Gasteiger partial charge on any atom is -0.301 e. The maximum Gasteiger partial charge on any atom is 0.0218 e. The maximum atomic E-state index is 2.42. The lowest BCUT2D eigenvalue weighted by atomic mass is 10.1. The second-order valence-corrected chi connectivity index (χ2v) is 3.44. The zero-order valence-corrected chi connectivity index (χ0v) is 7.46. The van der Waals surface area contributed by atoms with E-state index in [1.807, 2.05) is 0 Å². The third-order valence-corrected chi connectivity index (χ3v) is 2.89. The van der Waals surface area contributed by atoms with E-state index in [1.54, 1.807) is 0 Å². The molecule has 0 bridgehead atoms. The number of hydrogen-bond donors (Lipinski definition) is 0. The molecule has 2 heteroatoms. The van der Waals surface area contributed by atoms with E-state index in [2.05, 4.69) is 37.7 Å². The Morgan fingerprint density at radius 3 is 1.50 bits per heavy atom. The first-order valence-corrected chi connectivity index (χ1v) is 4.03. The summed E-state index contributed by atoms with van der Waals surface area (Å²) in [6, 6.07) is 1.41. The average Bonchev–Trinajstić information content (AvgIpc) is 1.93. The minimum atomic E-state index is 0.707. The smallest absolute Gasteiger partial charge is 0.0218 e. The third kappa shape index (κ3) is 1.32. The molecule has 0 aromatic heterocycles. The van der Waals surface area contributed by atoms with Gasteiger partial charge >= 0.3 is 0 Å². The van der Waals surface area contributed by atoms with Crippen LogP contribution in [0.1, 0.15) is 13.8 Å². The van der Waals surface area contributed by atoms with Gasteiger partial charge in [-0.1, -0.05) is 0 Å². The Hall–Kier alpha value is -0.0800. The minimum absolute atomic E-state index is 0.707. The second-order valence-electron chi connectivity index (χ2n) is 3.44.